The maximum atomic E-state index is 13.1. The minimum Gasteiger partial charge on any atom is -0.346 e. The van der Waals surface area contributed by atoms with Crippen LogP contribution in [0.25, 0.3) is 0 Å². The topological polar surface area (TPSA) is 35.5 Å². The van der Waals surface area contributed by atoms with E-state index in [1.165, 1.54) is 0 Å². The van der Waals surface area contributed by atoms with Gasteiger partial charge in [0.15, 0.2) is 12.1 Å². The molecule has 1 fully saturated rings. The Hall–Kier alpha value is -1.97. The first-order valence-electron chi connectivity index (χ1n) is 8.21. The highest BCUT2D eigenvalue weighted by Gasteiger charge is 2.45. The summed E-state index contributed by atoms with van der Waals surface area (Å²) in [6.07, 6.45) is 1.26. The molecule has 1 aliphatic heterocycles. The van der Waals surface area contributed by atoms with Crippen LogP contribution < -0.4 is 0 Å². The molecule has 3 nitrogen and oxygen atoms in total. The van der Waals surface area contributed by atoms with Crippen molar-refractivity contribution < 1.29 is 14.3 Å². The number of hydrogen-bond donors (Lipinski definition) is 0. The van der Waals surface area contributed by atoms with Gasteiger partial charge in [0.05, 0.1) is 18.6 Å². The van der Waals surface area contributed by atoms with Crippen molar-refractivity contribution in [2.24, 2.45) is 0 Å². The zero-order valence-electron chi connectivity index (χ0n) is 13.2. The molecule has 1 aliphatic carbocycles. The average Bonchev–Trinajstić information content (AvgIpc) is 3.23. The molecule has 118 valence electrons. The van der Waals surface area contributed by atoms with Crippen LogP contribution in [0.1, 0.15) is 46.7 Å². The van der Waals surface area contributed by atoms with Crippen molar-refractivity contribution in [2.45, 2.75) is 31.5 Å². The Morgan fingerprint density at radius 2 is 1.87 bits per heavy atom. The zero-order chi connectivity index (χ0) is 15.9. The summed E-state index contributed by atoms with van der Waals surface area (Å²) in [7, 11) is 0. The van der Waals surface area contributed by atoms with Crippen LogP contribution in [0.5, 0.6) is 0 Å². The molecule has 0 radical (unpaired) electrons. The third-order valence-electron chi connectivity index (χ3n) is 5.13. The van der Waals surface area contributed by atoms with Gasteiger partial charge < -0.3 is 9.47 Å². The molecule has 4 rings (SSSR count). The number of ketones is 1. The molecule has 2 aliphatic rings. The van der Waals surface area contributed by atoms with Gasteiger partial charge in [0, 0.05) is 11.1 Å². The van der Waals surface area contributed by atoms with Crippen LogP contribution in [-0.2, 0) is 21.3 Å². The molecular formula is C20H20O3. The maximum absolute atomic E-state index is 13.1. The van der Waals surface area contributed by atoms with Gasteiger partial charge in [-0.25, -0.2) is 0 Å². The summed E-state index contributed by atoms with van der Waals surface area (Å²) >= 11 is 0. The van der Waals surface area contributed by atoms with Gasteiger partial charge in [0.1, 0.15) is 0 Å². The van der Waals surface area contributed by atoms with E-state index < -0.39 is 5.41 Å². The lowest BCUT2D eigenvalue weighted by Gasteiger charge is -2.27. The van der Waals surface area contributed by atoms with Crippen LogP contribution >= 0.6 is 0 Å². The van der Waals surface area contributed by atoms with Crippen molar-refractivity contribution in [3.05, 3.63) is 70.8 Å². The third-order valence-corrected chi connectivity index (χ3v) is 5.13. The number of carbonyl (C=O) groups is 1. The SMILES string of the molecule is CCC1(c2cccc(C3OCCO3)c2)Cc2ccccc2C1=O. The minimum atomic E-state index is -0.460. The number of fused-ring (bicyclic) bond motifs is 1. The van der Waals surface area contributed by atoms with Gasteiger partial charge in [0.25, 0.3) is 0 Å². The van der Waals surface area contributed by atoms with E-state index >= 15 is 0 Å². The van der Waals surface area contributed by atoms with Gasteiger partial charge in [-0.05, 0) is 30.0 Å². The standard InChI is InChI=1S/C20H20O3/c1-2-20(13-15-6-3-4-9-17(15)18(20)21)16-8-5-7-14(12-16)19-22-10-11-23-19/h3-9,12,19H,2,10-11,13H2,1H3. The molecule has 1 unspecified atom stereocenters. The first kappa shape index (κ1) is 14.6. The maximum Gasteiger partial charge on any atom is 0.184 e. The van der Waals surface area contributed by atoms with Crippen LogP contribution in [-0.4, -0.2) is 19.0 Å². The minimum absolute atomic E-state index is 0.237. The van der Waals surface area contributed by atoms with Crippen LogP contribution in [0.15, 0.2) is 48.5 Å². The Labute approximate surface area is 136 Å². The van der Waals surface area contributed by atoms with Gasteiger partial charge in [0.2, 0.25) is 0 Å². The summed E-state index contributed by atoms with van der Waals surface area (Å²) in [4.78, 5) is 13.1. The number of ether oxygens (including phenoxy) is 2. The van der Waals surface area contributed by atoms with Gasteiger partial charge in [-0.1, -0.05) is 49.4 Å². The van der Waals surface area contributed by atoms with E-state index in [-0.39, 0.29) is 12.1 Å². The molecule has 1 heterocycles. The molecule has 23 heavy (non-hydrogen) atoms. The van der Waals surface area contributed by atoms with Crippen LogP contribution in [0.4, 0.5) is 0 Å². The largest absolute Gasteiger partial charge is 0.346 e. The molecule has 0 bridgehead atoms. The second-order valence-electron chi connectivity index (χ2n) is 6.30. The second-order valence-corrected chi connectivity index (χ2v) is 6.30. The zero-order valence-corrected chi connectivity index (χ0v) is 13.2. The molecule has 3 heteroatoms. The Morgan fingerprint density at radius 1 is 1.09 bits per heavy atom. The number of carbonyl (C=O) groups excluding carboxylic acids is 1. The lowest BCUT2D eigenvalue weighted by Crippen LogP contribution is -2.32. The van der Waals surface area contributed by atoms with E-state index in [9.17, 15) is 4.79 Å². The van der Waals surface area contributed by atoms with Gasteiger partial charge in [-0.15, -0.1) is 0 Å². The Balaban J connectivity index is 1.76. The highest BCUT2D eigenvalue weighted by Crippen LogP contribution is 2.43. The first-order chi connectivity index (χ1) is 11.2. The van der Waals surface area contributed by atoms with Gasteiger partial charge >= 0.3 is 0 Å². The summed E-state index contributed by atoms with van der Waals surface area (Å²) in [5.74, 6) is 0.237. The number of benzene rings is 2. The smallest absolute Gasteiger partial charge is 0.184 e. The molecule has 1 atom stereocenters. The fourth-order valence-electron chi connectivity index (χ4n) is 3.82. The molecular weight excluding hydrogens is 288 g/mol. The molecule has 0 saturated carbocycles. The number of Topliss-reactive ketones (excluding diaryl/α,β-unsaturated/α-hetero) is 1. The summed E-state index contributed by atoms with van der Waals surface area (Å²) in [5, 5.41) is 0. The van der Waals surface area contributed by atoms with Crippen LogP contribution in [0.2, 0.25) is 0 Å². The van der Waals surface area contributed by atoms with E-state index in [0.717, 1.165) is 35.1 Å². The van der Waals surface area contributed by atoms with Gasteiger partial charge in [-0.3, -0.25) is 4.79 Å². The highest BCUT2D eigenvalue weighted by atomic mass is 16.7. The Kier molecular flexibility index (Phi) is 3.55. The van der Waals surface area contributed by atoms with E-state index in [1.54, 1.807) is 0 Å². The molecule has 0 aromatic heterocycles. The lowest BCUT2D eigenvalue weighted by molar-refractivity contribution is -0.0442. The van der Waals surface area contributed by atoms with Crippen molar-refractivity contribution in [1.82, 2.24) is 0 Å². The van der Waals surface area contributed by atoms with Crippen LogP contribution in [0.3, 0.4) is 0 Å². The molecule has 1 saturated heterocycles. The quantitative estimate of drug-likeness (QED) is 0.864. The predicted molar refractivity (Wildman–Crippen MR) is 87.5 cm³/mol. The average molecular weight is 308 g/mol. The molecule has 2 aromatic carbocycles. The van der Waals surface area contributed by atoms with Crippen molar-refractivity contribution in [3.63, 3.8) is 0 Å². The van der Waals surface area contributed by atoms with Gasteiger partial charge in [-0.2, -0.15) is 0 Å². The monoisotopic (exact) mass is 308 g/mol. The Bertz CT molecular complexity index is 746. The fraction of sp³-hybridized carbons (Fsp3) is 0.350. The third kappa shape index (κ3) is 2.23. The number of hydrogen-bond acceptors (Lipinski definition) is 3. The fourth-order valence-corrected chi connectivity index (χ4v) is 3.82. The van der Waals surface area contributed by atoms with E-state index in [2.05, 4.69) is 25.1 Å². The highest BCUT2D eigenvalue weighted by molar-refractivity contribution is 6.08. The molecule has 0 amide bonds. The summed E-state index contributed by atoms with van der Waals surface area (Å²) in [5.41, 5.74) is 3.62. The summed E-state index contributed by atoms with van der Waals surface area (Å²) < 4.78 is 11.2. The van der Waals surface area contributed by atoms with E-state index in [0.29, 0.717) is 13.2 Å². The summed E-state index contributed by atoms with van der Waals surface area (Å²) in [6, 6.07) is 16.1. The van der Waals surface area contributed by atoms with E-state index in [4.69, 9.17) is 9.47 Å². The van der Waals surface area contributed by atoms with Crippen molar-refractivity contribution in [1.29, 1.82) is 0 Å². The predicted octanol–water partition coefficient (Wildman–Crippen LogP) is 3.82. The van der Waals surface area contributed by atoms with Crippen LogP contribution in [0, 0.1) is 0 Å². The van der Waals surface area contributed by atoms with Crippen molar-refractivity contribution >= 4 is 5.78 Å². The first-order valence-corrected chi connectivity index (χ1v) is 8.21. The lowest BCUT2D eigenvalue weighted by atomic mass is 9.74. The second kappa shape index (κ2) is 5.59. The molecule has 0 spiro atoms. The van der Waals surface area contributed by atoms with E-state index in [1.807, 2.05) is 30.3 Å². The Morgan fingerprint density at radius 3 is 2.61 bits per heavy atom. The summed E-state index contributed by atoms with van der Waals surface area (Å²) in [6.45, 7) is 3.34. The number of rotatable bonds is 3. The molecule has 2 aromatic rings. The molecule has 0 N–H and O–H groups in total. The van der Waals surface area contributed by atoms with Crippen molar-refractivity contribution in [2.75, 3.05) is 13.2 Å². The van der Waals surface area contributed by atoms with Crippen molar-refractivity contribution in [3.8, 4) is 0 Å². The normalized spacial score (nSPS) is 24.1.